The number of thioether (sulfide) groups is 1. The molecule has 3 aromatic rings. The van der Waals surface area contributed by atoms with E-state index in [0.717, 1.165) is 36.3 Å². The Labute approximate surface area is 167 Å². The number of nitro benzene ring substituents is 1. The molecular weight excluding hydrogens is 374 g/mol. The summed E-state index contributed by atoms with van der Waals surface area (Å²) in [6.45, 7) is 2.93. The molecule has 0 spiro atoms. The molecule has 0 amide bonds. The zero-order valence-corrected chi connectivity index (χ0v) is 16.2. The van der Waals surface area contributed by atoms with Crippen molar-refractivity contribution < 1.29 is 4.92 Å². The third kappa shape index (κ3) is 4.07. The van der Waals surface area contributed by atoms with Crippen molar-refractivity contribution in [2.75, 3.05) is 13.1 Å². The summed E-state index contributed by atoms with van der Waals surface area (Å²) in [4.78, 5) is 13.3. The lowest BCUT2D eigenvalue weighted by atomic mass is 10.2. The van der Waals surface area contributed by atoms with Crippen molar-refractivity contribution in [3.8, 4) is 5.69 Å². The van der Waals surface area contributed by atoms with Crippen LogP contribution in [0.1, 0.15) is 24.2 Å². The quantitative estimate of drug-likeness (QED) is 0.341. The van der Waals surface area contributed by atoms with Crippen LogP contribution in [0.3, 0.4) is 0 Å². The van der Waals surface area contributed by atoms with Crippen LogP contribution in [0.15, 0.2) is 59.8 Å². The van der Waals surface area contributed by atoms with Crippen molar-refractivity contribution in [1.29, 1.82) is 0 Å². The minimum absolute atomic E-state index is 0.137. The number of benzene rings is 2. The summed E-state index contributed by atoms with van der Waals surface area (Å²) in [6, 6.07) is 16.9. The Hall–Kier alpha value is -2.71. The van der Waals surface area contributed by atoms with Gasteiger partial charge in [0.05, 0.1) is 11.5 Å². The first-order valence-electron chi connectivity index (χ1n) is 9.29. The lowest BCUT2D eigenvalue weighted by molar-refractivity contribution is -0.385. The molecule has 1 aliphatic heterocycles. The van der Waals surface area contributed by atoms with Gasteiger partial charge in [0, 0.05) is 23.1 Å². The first-order valence-corrected chi connectivity index (χ1v) is 10.3. The van der Waals surface area contributed by atoms with Crippen LogP contribution >= 0.6 is 11.8 Å². The molecule has 144 valence electrons. The minimum Gasteiger partial charge on any atom is -0.296 e. The molecule has 0 saturated carbocycles. The molecule has 1 fully saturated rings. The van der Waals surface area contributed by atoms with Crippen molar-refractivity contribution in [2.24, 2.45) is 0 Å². The fourth-order valence-corrected chi connectivity index (χ4v) is 4.39. The summed E-state index contributed by atoms with van der Waals surface area (Å²) in [7, 11) is 0. The van der Waals surface area contributed by atoms with Crippen LogP contribution in [0.2, 0.25) is 0 Å². The number of hydrogen-bond acceptors (Lipinski definition) is 6. The number of nitrogens with zero attached hydrogens (tertiary/aromatic N) is 5. The molecule has 0 atom stereocenters. The highest BCUT2D eigenvalue weighted by Gasteiger charge is 2.20. The average molecular weight is 395 g/mol. The van der Waals surface area contributed by atoms with E-state index in [1.165, 1.54) is 30.7 Å². The number of likely N-dealkylation sites (tertiary alicyclic amines) is 1. The summed E-state index contributed by atoms with van der Waals surface area (Å²) in [5, 5.41) is 20.9. The second kappa shape index (κ2) is 8.53. The molecule has 7 nitrogen and oxygen atoms in total. The zero-order valence-electron chi connectivity index (χ0n) is 15.4. The van der Waals surface area contributed by atoms with Crippen molar-refractivity contribution in [2.45, 2.75) is 30.3 Å². The zero-order chi connectivity index (χ0) is 19.3. The number of aromatic nitrogens is 3. The van der Waals surface area contributed by atoms with Gasteiger partial charge in [-0.1, -0.05) is 48.2 Å². The topological polar surface area (TPSA) is 77.1 Å². The summed E-state index contributed by atoms with van der Waals surface area (Å²) >= 11 is 1.47. The Morgan fingerprint density at radius 2 is 1.71 bits per heavy atom. The third-order valence-corrected chi connectivity index (χ3v) is 5.80. The second-order valence-corrected chi connectivity index (χ2v) is 7.67. The third-order valence-electron chi connectivity index (χ3n) is 4.82. The summed E-state index contributed by atoms with van der Waals surface area (Å²) in [6.07, 6.45) is 2.44. The van der Waals surface area contributed by atoms with Gasteiger partial charge in [-0.05, 0) is 38.1 Å². The van der Waals surface area contributed by atoms with E-state index >= 15 is 0 Å². The Bertz CT molecular complexity index is 954. The predicted octanol–water partition coefficient (Wildman–Crippen LogP) is 4.06. The Kier molecular flexibility index (Phi) is 5.68. The van der Waals surface area contributed by atoms with Crippen molar-refractivity contribution >= 4 is 17.4 Å². The van der Waals surface area contributed by atoms with E-state index in [-0.39, 0.29) is 10.6 Å². The fraction of sp³-hybridized carbons (Fsp3) is 0.300. The van der Waals surface area contributed by atoms with Gasteiger partial charge in [0.15, 0.2) is 11.0 Å². The van der Waals surface area contributed by atoms with E-state index < -0.39 is 0 Å². The van der Waals surface area contributed by atoms with Crippen LogP contribution in [0, 0.1) is 10.1 Å². The summed E-state index contributed by atoms with van der Waals surface area (Å²) in [5.74, 6) is 1.37. The number of para-hydroxylation sites is 2. The first-order chi connectivity index (χ1) is 13.7. The van der Waals surface area contributed by atoms with E-state index in [9.17, 15) is 10.1 Å². The van der Waals surface area contributed by atoms with Gasteiger partial charge in [-0.25, -0.2) is 0 Å². The van der Waals surface area contributed by atoms with E-state index in [1.807, 2.05) is 36.4 Å². The Morgan fingerprint density at radius 1 is 1.00 bits per heavy atom. The van der Waals surface area contributed by atoms with Crippen LogP contribution in [0.4, 0.5) is 5.69 Å². The fourth-order valence-electron chi connectivity index (χ4n) is 3.43. The van der Waals surface area contributed by atoms with Crippen LogP contribution < -0.4 is 0 Å². The van der Waals surface area contributed by atoms with E-state index in [4.69, 9.17) is 0 Å². The highest BCUT2D eigenvalue weighted by atomic mass is 32.2. The molecule has 1 saturated heterocycles. The molecule has 0 aliphatic carbocycles. The molecule has 28 heavy (non-hydrogen) atoms. The minimum atomic E-state index is -0.337. The standard InChI is InChI=1S/C20H21N5O2S/c26-25(27)18-11-5-4-8-16(18)15-28-20-22-21-19(14-23-12-6-7-13-23)24(20)17-9-2-1-3-10-17/h1-5,8-11H,6-7,12-15H2. The van der Waals surface area contributed by atoms with Gasteiger partial charge < -0.3 is 0 Å². The van der Waals surface area contributed by atoms with Gasteiger partial charge in [-0.15, -0.1) is 10.2 Å². The molecule has 1 aliphatic rings. The van der Waals surface area contributed by atoms with Crippen LogP contribution in [-0.4, -0.2) is 37.7 Å². The number of nitro groups is 1. The van der Waals surface area contributed by atoms with Crippen molar-refractivity contribution in [3.63, 3.8) is 0 Å². The predicted molar refractivity (Wildman–Crippen MR) is 109 cm³/mol. The van der Waals surface area contributed by atoms with Crippen LogP contribution in [0.25, 0.3) is 5.69 Å². The van der Waals surface area contributed by atoms with Gasteiger partial charge in [-0.2, -0.15) is 0 Å². The Morgan fingerprint density at radius 3 is 2.46 bits per heavy atom. The largest absolute Gasteiger partial charge is 0.296 e. The van der Waals surface area contributed by atoms with E-state index in [1.54, 1.807) is 12.1 Å². The highest BCUT2D eigenvalue weighted by molar-refractivity contribution is 7.98. The number of hydrogen-bond donors (Lipinski definition) is 0. The SMILES string of the molecule is O=[N+]([O-])c1ccccc1CSc1nnc(CN2CCCC2)n1-c1ccccc1. The molecule has 1 aromatic heterocycles. The van der Waals surface area contributed by atoms with Gasteiger partial charge in [0.2, 0.25) is 0 Å². The average Bonchev–Trinajstić information content (AvgIpc) is 3.37. The highest BCUT2D eigenvalue weighted by Crippen LogP contribution is 2.29. The molecule has 4 rings (SSSR count). The van der Waals surface area contributed by atoms with Crippen molar-refractivity contribution in [3.05, 3.63) is 76.1 Å². The van der Waals surface area contributed by atoms with Gasteiger partial charge >= 0.3 is 0 Å². The number of rotatable bonds is 7. The lowest BCUT2D eigenvalue weighted by Crippen LogP contribution is -2.21. The first kappa shape index (κ1) is 18.6. The van der Waals surface area contributed by atoms with Crippen LogP contribution in [0.5, 0.6) is 0 Å². The molecule has 0 N–H and O–H groups in total. The molecule has 0 unspecified atom stereocenters. The molecular formula is C20H21N5O2S. The summed E-state index contributed by atoms with van der Waals surface area (Å²) in [5.41, 5.74) is 1.83. The maximum Gasteiger partial charge on any atom is 0.273 e. The smallest absolute Gasteiger partial charge is 0.273 e. The van der Waals surface area contributed by atoms with E-state index in [0.29, 0.717) is 11.3 Å². The second-order valence-electron chi connectivity index (χ2n) is 6.73. The lowest BCUT2D eigenvalue weighted by Gasteiger charge is -2.16. The molecule has 2 aromatic carbocycles. The molecule has 2 heterocycles. The van der Waals surface area contributed by atoms with Gasteiger partial charge in [-0.3, -0.25) is 19.6 Å². The molecule has 0 radical (unpaired) electrons. The maximum atomic E-state index is 11.3. The summed E-state index contributed by atoms with van der Waals surface area (Å²) < 4.78 is 2.07. The van der Waals surface area contributed by atoms with Crippen LogP contribution in [-0.2, 0) is 12.3 Å². The monoisotopic (exact) mass is 395 g/mol. The molecule has 0 bridgehead atoms. The molecule has 8 heteroatoms. The van der Waals surface area contributed by atoms with E-state index in [2.05, 4.69) is 19.7 Å². The maximum absolute atomic E-state index is 11.3. The van der Waals surface area contributed by atoms with Gasteiger partial charge in [0.25, 0.3) is 5.69 Å². The normalized spacial score (nSPS) is 14.4. The van der Waals surface area contributed by atoms with Crippen molar-refractivity contribution in [1.82, 2.24) is 19.7 Å². The van der Waals surface area contributed by atoms with Gasteiger partial charge in [0.1, 0.15) is 0 Å². The Balaban J connectivity index is 1.62.